The van der Waals surface area contributed by atoms with Crippen LogP contribution in [0.3, 0.4) is 0 Å². The number of nitrogens with zero attached hydrogens (tertiary/aromatic N) is 2. The highest BCUT2D eigenvalue weighted by molar-refractivity contribution is 7.80. The predicted molar refractivity (Wildman–Crippen MR) is 63.5 cm³/mol. The van der Waals surface area contributed by atoms with Crippen LogP contribution in [0.4, 0.5) is 4.79 Å². The van der Waals surface area contributed by atoms with Gasteiger partial charge in [0.1, 0.15) is 5.60 Å². The molecule has 0 aliphatic carbocycles. The van der Waals surface area contributed by atoms with Crippen molar-refractivity contribution in [1.29, 1.82) is 0 Å². The van der Waals surface area contributed by atoms with Crippen LogP contribution in [0.1, 0.15) is 26.5 Å². The average molecular weight is 243 g/mol. The number of thiol groups is 1. The van der Waals surface area contributed by atoms with Gasteiger partial charge in [-0.3, -0.25) is 4.68 Å². The van der Waals surface area contributed by atoms with Crippen molar-refractivity contribution in [2.45, 2.75) is 37.8 Å². The van der Waals surface area contributed by atoms with E-state index < -0.39 is 11.7 Å². The standard InChI is InChI=1S/C10H17N3O2S/c1-10(2,3)15-9(14)11-5-7-8(16)6-13(4)12-7/h6,16H,5H2,1-4H3,(H,11,14). The van der Waals surface area contributed by atoms with Crippen molar-refractivity contribution in [1.82, 2.24) is 15.1 Å². The Hall–Kier alpha value is -1.17. The topological polar surface area (TPSA) is 56.2 Å². The van der Waals surface area contributed by atoms with Gasteiger partial charge in [0.25, 0.3) is 0 Å². The monoisotopic (exact) mass is 243 g/mol. The fourth-order valence-electron chi connectivity index (χ4n) is 1.12. The average Bonchev–Trinajstić information content (AvgIpc) is 2.38. The lowest BCUT2D eigenvalue weighted by Gasteiger charge is -2.19. The van der Waals surface area contributed by atoms with E-state index in [0.29, 0.717) is 6.54 Å². The fourth-order valence-corrected chi connectivity index (χ4v) is 1.41. The summed E-state index contributed by atoms with van der Waals surface area (Å²) in [6.07, 6.45) is 1.32. The lowest BCUT2D eigenvalue weighted by Crippen LogP contribution is -2.32. The first-order valence-corrected chi connectivity index (χ1v) is 5.41. The van der Waals surface area contributed by atoms with E-state index in [1.807, 2.05) is 20.8 Å². The molecular weight excluding hydrogens is 226 g/mol. The van der Waals surface area contributed by atoms with E-state index in [1.165, 1.54) is 0 Å². The van der Waals surface area contributed by atoms with E-state index in [2.05, 4.69) is 23.0 Å². The molecule has 0 unspecified atom stereocenters. The smallest absolute Gasteiger partial charge is 0.407 e. The zero-order chi connectivity index (χ0) is 12.3. The summed E-state index contributed by atoms with van der Waals surface area (Å²) in [6.45, 7) is 5.76. The van der Waals surface area contributed by atoms with Crippen LogP contribution in [-0.2, 0) is 18.3 Å². The van der Waals surface area contributed by atoms with Crippen LogP contribution in [0.15, 0.2) is 11.1 Å². The summed E-state index contributed by atoms with van der Waals surface area (Å²) in [4.78, 5) is 12.1. The molecule has 0 spiro atoms. The molecule has 5 nitrogen and oxygen atoms in total. The highest BCUT2D eigenvalue weighted by Crippen LogP contribution is 2.11. The number of nitrogens with one attached hydrogen (secondary N) is 1. The van der Waals surface area contributed by atoms with E-state index in [-0.39, 0.29) is 0 Å². The zero-order valence-electron chi connectivity index (χ0n) is 9.94. The minimum atomic E-state index is -0.488. The minimum Gasteiger partial charge on any atom is -0.444 e. The Labute approximate surface area is 101 Å². The number of aromatic nitrogens is 2. The molecule has 1 aromatic rings. The molecule has 0 saturated carbocycles. The third kappa shape index (κ3) is 4.14. The number of ether oxygens (including phenoxy) is 1. The molecular formula is C10H17N3O2S. The van der Waals surface area contributed by atoms with Gasteiger partial charge in [-0.05, 0) is 20.8 Å². The fraction of sp³-hybridized carbons (Fsp3) is 0.600. The van der Waals surface area contributed by atoms with Crippen molar-refractivity contribution < 1.29 is 9.53 Å². The van der Waals surface area contributed by atoms with Crippen molar-refractivity contribution in [3.05, 3.63) is 11.9 Å². The zero-order valence-corrected chi connectivity index (χ0v) is 10.8. The van der Waals surface area contributed by atoms with E-state index in [4.69, 9.17) is 4.74 Å². The molecule has 0 bridgehead atoms. The van der Waals surface area contributed by atoms with Crippen molar-refractivity contribution in [3.63, 3.8) is 0 Å². The molecule has 0 saturated heterocycles. The number of aryl methyl sites for hydroxylation is 1. The van der Waals surface area contributed by atoms with Gasteiger partial charge in [0.15, 0.2) is 0 Å². The van der Waals surface area contributed by atoms with E-state index in [9.17, 15) is 4.79 Å². The van der Waals surface area contributed by atoms with Crippen molar-refractivity contribution >= 4 is 18.7 Å². The minimum absolute atomic E-state index is 0.314. The van der Waals surface area contributed by atoms with Crippen LogP contribution in [-0.4, -0.2) is 21.5 Å². The van der Waals surface area contributed by atoms with Crippen LogP contribution < -0.4 is 5.32 Å². The molecule has 0 aliphatic rings. The first-order chi connectivity index (χ1) is 7.28. The summed E-state index contributed by atoms with van der Waals surface area (Å²) in [7, 11) is 1.80. The number of carbonyl (C=O) groups is 1. The maximum absolute atomic E-state index is 11.4. The highest BCUT2D eigenvalue weighted by Gasteiger charge is 2.16. The van der Waals surface area contributed by atoms with E-state index >= 15 is 0 Å². The molecule has 1 heterocycles. The first-order valence-electron chi connectivity index (χ1n) is 4.96. The highest BCUT2D eigenvalue weighted by atomic mass is 32.1. The number of hydrogen-bond donors (Lipinski definition) is 2. The Bertz CT molecular complexity index is 382. The molecule has 0 atom stereocenters. The van der Waals surface area contributed by atoms with Gasteiger partial charge in [0, 0.05) is 18.1 Å². The summed E-state index contributed by atoms with van der Waals surface area (Å²) < 4.78 is 6.74. The molecule has 1 aromatic heterocycles. The molecule has 1 rings (SSSR count). The van der Waals surface area contributed by atoms with Crippen molar-refractivity contribution in [2.24, 2.45) is 7.05 Å². The molecule has 1 N–H and O–H groups in total. The molecule has 1 amide bonds. The molecule has 90 valence electrons. The SMILES string of the molecule is Cn1cc(S)c(CNC(=O)OC(C)(C)C)n1. The van der Waals surface area contributed by atoms with Crippen LogP contribution in [0, 0.1) is 0 Å². The van der Waals surface area contributed by atoms with E-state index in [1.54, 1.807) is 17.9 Å². The molecule has 0 radical (unpaired) electrons. The van der Waals surface area contributed by atoms with Gasteiger partial charge >= 0.3 is 6.09 Å². The van der Waals surface area contributed by atoms with Crippen LogP contribution >= 0.6 is 12.6 Å². The van der Waals surface area contributed by atoms with Crippen LogP contribution in [0.25, 0.3) is 0 Å². The molecule has 0 aliphatic heterocycles. The summed E-state index contributed by atoms with van der Waals surface area (Å²) in [5, 5.41) is 6.77. The summed E-state index contributed by atoms with van der Waals surface area (Å²) >= 11 is 4.23. The maximum atomic E-state index is 11.4. The van der Waals surface area contributed by atoms with Gasteiger partial charge in [0.2, 0.25) is 0 Å². The van der Waals surface area contributed by atoms with E-state index in [0.717, 1.165) is 10.6 Å². The third-order valence-electron chi connectivity index (χ3n) is 1.68. The Morgan fingerprint density at radius 1 is 1.62 bits per heavy atom. The van der Waals surface area contributed by atoms with Gasteiger partial charge in [-0.1, -0.05) is 0 Å². The first kappa shape index (κ1) is 12.9. The number of hydrogen-bond acceptors (Lipinski definition) is 4. The third-order valence-corrected chi connectivity index (χ3v) is 2.06. The van der Waals surface area contributed by atoms with Crippen LogP contribution in [0.2, 0.25) is 0 Å². The molecule has 16 heavy (non-hydrogen) atoms. The Morgan fingerprint density at radius 3 is 2.69 bits per heavy atom. The van der Waals surface area contributed by atoms with Crippen LogP contribution in [0.5, 0.6) is 0 Å². The van der Waals surface area contributed by atoms with Gasteiger partial charge in [-0.2, -0.15) is 5.10 Å². The molecule has 6 heteroatoms. The van der Waals surface area contributed by atoms with Gasteiger partial charge < -0.3 is 10.1 Å². The van der Waals surface area contributed by atoms with Crippen molar-refractivity contribution in [2.75, 3.05) is 0 Å². The second kappa shape index (κ2) is 4.78. The second-order valence-electron chi connectivity index (χ2n) is 4.49. The number of rotatable bonds is 2. The summed E-state index contributed by atoms with van der Waals surface area (Å²) in [6, 6.07) is 0. The Balaban J connectivity index is 2.46. The van der Waals surface area contributed by atoms with Gasteiger partial charge in [-0.25, -0.2) is 4.79 Å². The Morgan fingerprint density at radius 2 is 2.25 bits per heavy atom. The largest absolute Gasteiger partial charge is 0.444 e. The number of amides is 1. The quantitative estimate of drug-likeness (QED) is 0.778. The second-order valence-corrected chi connectivity index (χ2v) is 4.97. The molecule has 0 fully saturated rings. The van der Waals surface area contributed by atoms with Gasteiger partial charge in [0.05, 0.1) is 12.2 Å². The summed E-state index contributed by atoms with van der Waals surface area (Å²) in [5.41, 5.74) is 0.231. The van der Waals surface area contributed by atoms with Crippen molar-refractivity contribution in [3.8, 4) is 0 Å². The molecule has 0 aromatic carbocycles. The maximum Gasteiger partial charge on any atom is 0.407 e. The lowest BCUT2D eigenvalue weighted by atomic mass is 10.2. The normalized spacial score (nSPS) is 11.3. The Kier molecular flexibility index (Phi) is 3.85. The lowest BCUT2D eigenvalue weighted by molar-refractivity contribution is 0.0522. The number of alkyl carbamates (subject to hydrolysis) is 1. The summed E-state index contributed by atoms with van der Waals surface area (Å²) in [5.74, 6) is 0. The number of carbonyl (C=O) groups excluding carboxylic acids is 1. The predicted octanol–water partition coefficient (Wildman–Crippen LogP) is 1.73. The van der Waals surface area contributed by atoms with Gasteiger partial charge in [-0.15, -0.1) is 12.6 Å².